The van der Waals surface area contributed by atoms with Crippen molar-refractivity contribution in [2.24, 2.45) is 34.5 Å². The van der Waals surface area contributed by atoms with E-state index in [0.717, 1.165) is 6.42 Å². The van der Waals surface area contributed by atoms with E-state index in [1.807, 2.05) is 33.8 Å². The lowest BCUT2D eigenvalue weighted by atomic mass is 9.41. The quantitative estimate of drug-likeness (QED) is 0.488. The maximum Gasteiger partial charge on any atom is 0.307 e. The number of fused-ring (bicyclic) bond motifs is 1. The Bertz CT molecular complexity index is 465. The molecule has 0 saturated heterocycles. The summed E-state index contributed by atoms with van der Waals surface area (Å²) in [5.74, 6) is -1.15. The van der Waals surface area contributed by atoms with Crippen molar-refractivity contribution < 1.29 is 14.8 Å². The van der Waals surface area contributed by atoms with E-state index >= 15 is 0 Å². The van der Waals surface area contributed by atoms with Gasteiger partial charge in [-0.05, 0) is 29.6 Å². The minimum absolute atomic E-state index is 0.0308. The Balaban J connectivity index is 2.49. The minimum atomic E-state index is -0.912. The molecule has 0 spiro atoms. The third kappa shape index (κ3) is 1.95. The second-order valence-electron chi connectivity index (χ2n) is 7.38. The number of nitrogens with zero attached hydrogens (tertiary/aromatic N) is 1. The third-order valence-corrected chi connectivity index (χ3v) is 5.38. The van der Waals surface area contributed by atoms with Crippen LogP contribution in [0.3, 0.4) is 0 Å². The lowest BCUT2D eigenvalue weighted by molar-refractivity contribution is -0.515. The van der Waals surface area contributed by atoms with Crippen LogP contribution in [0.5, 0.6) is 0 Å². The van der Waals surface area contributed by atoms with Gasteiger partial charge in [-0.1, -0.05) is 39.8 Å². The first-order valence-corrected chi connectivity index (χ1v) is 7.13. The molecule has 2 rings (SSSR count). The zero-order chi connectivity index (χ0) is 15.3. The number of hydrogen-bond acceptors (Lipinski definition) is 3. The van der Waals surface area contributed by atoms with Gasteiger partial charge >= 0.3 is 5.97 Å². The molecule has 0 aromatic heterocycles. The van der Waals surface area contributed by atoms with Gasteiger partial charge in [0.2, 0.25) is 6.54 Å². The first kappa shape index (κ1) is 15.0. The van der Waals surface area contributed by atoms with Crippen LogP contribution in [0.15, 0.2) is 12.2 Å². The highest BCUT2D eigenvalue weighted by atomic mass is 16.6. The van der Waals surface area contributed by atoms with Crippen LogP contribution >= 0.6 is 0 Å². The van der Waals surface area contributed by atoms with Crippen molar-refractivity contribution in [3.63, 3.8) is 0 Å². The van der Waals surface area contributed by atoms with Crippen molar-refractivity contribution in [2.75, 3.05) is 6.54 Å². The first-order valence-electron chi connectivity index (χ1n) is 7.13. The number of allylic oxidation sites excluding steroid dienone is 2. The molecule has 0 radical (unpaired) electrons. The molecule has 1 fully saturated rings. The van der Waals surface area contributed by atoms with E-state index in [-0.39, 0.29) is 23.3 Å². The van der Waals surface area contributed by atoms with Crippen LogP contribution in [0.25, 0.3) is 0 Å². The van der Waals surface area contributed by atoms with Gasteiger partial charge in [-0.2, -0.15) is 0 Å². The van der Waals surface area contributed by atoms with E-state index in [4.69, 9.17) is 0 Å². The summed E-state index contributed by atoms with van der Waals surface area (Å²) < 4.78 is 0. The van der Waals surface area contributed by atoms with Crippen LogP contribution in [-0.2, 0) is 4.79 Å². The molecule has 0 aromatic carbocycles. The second-order valence-corrected chi connectivity index (χ2v) is 7.38. The Morgan fingerprint density at radius 2 is 2.15 bits per heavy atom. The summed E-state index contributed by atoms with van der Waals surface area (Å²) in [6.45, 7) is 7.33. The SMILES string of the molecule is CC1[C@H]2CC=C[C@H]2C1(C[N+](=O)[O-])C(C(=O)O)C(C)(C)C. The van der Waals surface area contributed by atoms with E-state index in [2.05, 4.69) is 6.08 Å². The van der Waals surface area contributed by atoms with E-state index in [1.165, 1.54) is 0 Å². The third-order valence-electron chi connectivity index (χ3n) is 5.38. The van der Waals surface area contributed by atoms with Gasteiger partial charge in [0.1, 0.15) is 0 Å². The summed E-state index contributed by atoms with van der Waals surface area (Å²) in [5.41, 5.74) is -1.26. The van der Waals surface area contributed by atoms with Gasteiger partial charge in [0.05, 0.1) is 11.3 Å². The van der Waals surface area contributed by atoms with Gasteiger partial charge in [0.15, 0.2) is 0 Å². The predicted molar refractivity (Wildman–Crippen MR) is 74.8 cm³/mol. The molecular formula is C15H23NO4. The summed E-state index contributed by atoms with van der Waals surface area (Å²) in [6, 6.07) is 0. The monoisotopic (exact) mass is 281 g/mol. The van der Waals surface area contributed by atoms with Crippen molar-refractivity contribution in [1.29, 1.82) is 0 Å². The minimum Gasteiger partial charge on any atom is -0.481 e. The molecule has 5 atom stereocenters. The maximum atomic E-state index is 11.9. The summed E-state index contributed by atoms with van der Waals surface area (Å²) >= 11 is 0. The number of hydrogen-bond donors (Lipinski definition) is 1. The Labute approximate surface area is 119 Å². The molecule has 0 heterocycles. The van der Waals surface area contributed by atoms with Gasteiger partial charge in [-0.15, -0.1) is 0 Å². The number of nitro groups is 1. The molecule has 5 heteroatoms. The molecule has 1 N–H and O–H groups in total. The lowest BCUT2D eigenvalue weighted by Crippen LogP contribution is -2.64. The standard InChI is InChI=1S/C15H23NO4/c1-9-10-6-5-7-11(10)15(9,8-16(19)20)12(13(17)18)14(2,3)4/h5,7,9-12H,6,8H2,1-4H3,(H,17,18)/t9?,10-,11-,12?,15?/m1/s1. The van der Waals surface area contributed by atoms with Gasteiger partial charge in [0.25, 0.3) is 0 Å². The Morgan fingerprint density at radius 1 is 1.55 bits per heavy atom. The molecule has 0 amide bonds. The highest BCUT2D eigenvalue weighted by molar-refractivity contribution is 5.73. The van der Waals surface area contributed by atoms with Gasteiger partial charge in [0, 0.05) is 4.92 Å². The molecule has 0 aromatic rings. The summed E-state index contributed by atoms with van der Waals surface area (Å²) in [5, 5.41) is 20.9. The fraction of sp³-hybridized carbons (Fsp3) is 0.800. The average Bonchev–Trinajstić information content (AvgIpc) is 2.70. The molecule has 1 saturated carbocycles. The van der Waals surface area contributed by atoms with Crippen LogP contribution in [-0.4, -0.2) is 22.5 Å². The Hall–Kier alpha value is -1.39. The van der Waals surface area contributed by atoms with Crippen LogP contribution in [0.2, 0.25) is 0 Å². The van der Waals surface area contributed by atoms with Crippen LogP contribution in [0.1, 0.15) is 34.1 Å². The first-order chi connectivity index (χ1) is 9.12. The van der Waals surface area contributed by atoms with Gasteiger partial charge < -0.3 is 5.11 Å². The smallest absolute Gasteiger partial charge is 0.307 e. The molecular weight excluding hydrogens is 258 g/mol. The number of rotatable bonds is 4. The summed E-state index contributed by atoms with van der Waals surface area (Å²) in [4.78, 5) is 22.7. The topological polar surface area (TPSA) is 80.4 Å². The highest BCUT2D eigenvalue weighted by Gasteiger charge is 2.69. The van der Waals surface area contributed by atoms with Crippen molar-refractivity contribution >= 4 is 5.97 Å². The maximum absolute atomic E-state index is 11.9. The van der Waals surface area contributed by atoms with Gasteiger partial charge in [-0.3, -0.25) is 14.9 Å². The number of carboxylic acid groups (broad SMARTS) is 1. The zero-order valence-corrected chi connectivity index (χ0v) is 12.5. The normalized spacial score (nSPS) is 37.1. The fourth-order valence-corrected chi connectivity index (χ4v) is 4.77. The molecule has 5 nitrogen and oxygen atoms in total. The van der Waals surface area contributed by atoms with E-state index in [9.17, 15) is 20.0 Å². The van der Waals surface area contributed by atoms with E-state index < -0.39 is 22.7 Å². The average molecular weight is 281 g/mol. The molecule has 112 valence electrons. The van der Waals surface area contributed by atoms with Crippen molar-refractivity contribution in [1.82, 2.24) is 0 Å². The van der Waals surface area contributed by atoms with Gasteiger partial charge in [-0.25, -0.2) is 0 Å². The zero-order valence-electron chi connectivity index (χ0n) is 12.5. The summed E-state index contributed by atoms with van der Waals surface area (Å²) in [7, 11) is 0. The van der Waals surface area contributed by atoms with Crippen LogP contribution < -0.4 is 0 Å². The van der Waals surface area contributed by atoms with Crippen LogP contribution in [0.4, 0.5) is 0 Å². The van der Waals surface area contributed by atoms with E-state index in [0.29, 0.717) is 5.92 Å². The predicted octanol–water partition coefficient (Wildman–Crippen LogP) is 2.84. The molecule has 2 aliphatic rings. The number of aliphatic carboxylic acids is 1. The number of carboxylic acids is 1. The van der Waals surface area contributed by atoms with Crippen molar-refractivity contribution in [3.05, 3.63) is 22.3 Å². The van der Waals surface area contributed by atoms with E-state index in [1.54, 1.807) is 0 Å². The Kier molecular flexibility index (Phi) is 3.43. The molecule has 2 aliphatic carbocycles. The number of carbonyl (C=O) groups is 1. The van der Waals surface area contributed by atoms with Crippen LogP contribution in [0, 0.1) is 44.6 Å². The van der Waals surface area contributed by atoms with Crippen molar-refractivity contribution in [3.8, 4) is 0 Å². The second kappa shape index (κ2) is 4.57. The molecule has 3 unspecified atom stereocenters. The Morgan fingerprint density at radius 3 is 2.60 bits per heavy atom. The molecule has 20 heavy (non-hydrogen) atoms. The summed E-state index contributed by atoms with van der Waals surface area (Å²) in [6.07, 6.45) is 4.98. The fourth-order valence-electron chi connectivity index (χ4n) is 4.77. The molecule has 0 aliphatic heterocycles. The highest BCUT2D eigenvalue weighted by Crippen LogP contribution is 2.66. The largest absolute Gasteiger partial charge is 0.481 e. The lowest BCUT2D eigenvalue weighted by Gasteiger charge is -2.60. The van der Waals surface area contributed by atoms with Crippen molar-refractivity contribution in [2.45, 2.75) is 34.1 Å². The molecule has 0 bridgehead atoms.